The Kier molecular flexibility index (Phi) is 13.5. The number of anilines is 2. The number of nitrogens with zero attached hydrogens (tertiary/aromatic N) is 5. The molecule has 0 bridgehead atoms. The van der Waals surface area contributed by atoms with Crippen LogP contribution >= 0.6 is 11.6 Å². The fourth-order valence-corrected chi connectivity index (χ4v) is 5.17. The average Bonchev–Trinajstić information content (AvgIpc) is 3.19. The fraction of sp³-hybridized carbons (Fsp3) is 0.0857. The maximum Gasteiger partial charge on any atom is 0.337 e. The van der Waals surface area contributed by atoms with Crippen molar-refractivity contribution in [2.45, 2.75) is 4.90 Å². The maximum absolute atomic E-state index is 11.5. The van der Waals surface area contributed by atoms with Crippen molar-refractivity contribution in [2.24, 2.45) is 5.14 Å². The highest BCUT2D eigenvalue weighted by Gasteiger charge is 2.16. The van der Waals surface area contributed by atoms with Gasteiger partial charge in [0, 0.05) is 34.9 Å². The van der Waals surface area contributed by atoms with Crippen LogP contribution in [0.4, 0.5) is 17.3 Å². The number of nitrogens with one attached hydrogen (secondary N) is 1. The Morgan fingerprint density at radius 2 is 1.25 bits per heavy atom. The number of nitro groups is 1. The molecule has 0 saturated heterocycles. The third-order valence-corrected chi connectivity index (χ3v) is 8.30. The standard InChI is InChI=1S/C16H14N4O4S.C10H7ClN2O2.C9H7NO5/c1-24-15(21)10-2-7-14-11(8-10)9-18-16(20-14)19-12-3-5-13(6-4-12)25(17,22)23;1-15-9(14)6-2-3-8-7(4-6)5-12-10(11)13-8;1-15-9(12)6-2-3-8(10(13)14)7(4-6)5-11/h2-9H,1H3,(H2,17,22,23)(H,18,19,20);2*2-5H,1H3. The van der Waals surface area contributed by atoms with Crippen molar-refractivity contribution in [2.75, 3.05) is 26.6 Å². The lowest BCUT2D eigenvalue weighted by molar-refractivity contribution is -0.385. The first-order valence-electron chi connectivity index (χ1n) is 15.2. The summed E-state index contributed by atoms with van der Waals surface area (Å²) in [6.07, 6.45) is 3.47. The van der Waals surface area contributed by atoms with Gasteiger partial charge in [0.05, 0.1) is 64.4 Å². The largest absolute Gasteiger partial charge is 0.465 e. The van der Waals surface area contributed by atoms with Crippen molar-refractivity contribution in [3.8, 4) is 0 Å². The van der Waals surface area contributed by atoms with Crippen LogP contribution in [0.3, 0.4) is 0 Å². The number of hydrogen-bond acceptors (Lipinski definition) is 16. The van der Waals surface area contributed by atoms with Crippen LogP contribution < -0.4 is 10.5 Å². The van der Waals surface area contributed by atoms with Gasteiger partial charge in [-0.05, 0) is 84.4 Å². The van der Waals surface area contributed by atoms with Gasteiger partial charge in [0.1, 0.15) is 0 Å². The van der Waals surface area contributed by atoms with Crippen molar-refractivity contribution in [3.63, 3.8) is 0 Å². The first-order chi connectivity index (χ1) is 26.2. The van der Waals surface area contributed by atoms with Gasteiger partial charge in [-0.2, -0.15) is 0 Å². The number of nitrogens with two attached hydrogens (primary N) is 1. The molecule has 0 fully saturated rings. The quantitative estimate of drug-likeness (QED) is 0.0509. The topological polar surface area (TPSA) is 263 Å². The summed E-state index contributed by atoms with van der Waals surface area (Å²) < 4.78 is 36.2. The van der Waals surface area contributed by atoms with E-state index in [4.69, 9.17) is 16.7 Å². The molecular formula is C35H28ClN7O11S. The van der Waals surface area contributed by atoms with Crippen LogP contribution in [0.25, 0.3) is 21.8 Å². The molecule has 55 heavy (non-hydrogen) atoms. The second kappa shape index (κ2) is 18.2. The number of rotatable bonds is 8. The predicted octanol–water partition coefficient (Wildman–Crippen LogP) is 5.07. The zero-order chi connectivity index (χ0) is 40.3. The molecule has 2 aromatic heterocycles. The molecule has 18 nitrogen and oxygen atoms in total. The Morgan fingerprint density at radius 3 is 1.75 bits per heavy atom. The highest BCUT2D eigenvalue weighted by molar-refractivity contribution is 7.89. The number of methoxy groups -OCH3 is 3. The number of fused-ring (bicyclic) bond motifs is 2. The van der Waals surface area contributed by atoms with Crippen LogP contribution in [0.5, 0.6) is 0 Å². The number of ether oxygens (including phenoxy) is 3. The minimum atomic E-state index is -3.73. The number of aromatic nitrogens is 4. The van der Waals surface area contributed by atoms with Gasteiger partial charge in [0.2, 0.25) is 21.3 Å². The number of halogens is 1. The number of benzene rings is 4. The molecule has 20 heteroatoms. The van der Waals surface area contributed by atoms with Crippen LogP contribution in [-0.4, -0.2) is 78.8 Å². The van der Waals surface area contributed by atoms with Gasteiger partial charge < -0.3 is 19.5 Å². The molecular weight excluding hydrogens is 762 g/mol. The number of primary sulfonamides is 1. The smallest absolute Gasteiger partial charge is 0.337 e. The van der Waals surface area contributed by atoms with Crippen LogP contribution in [0.15, 0.2) is 96.2 Å². The Balaban J connectivity index is 0.000000194. The number of sulfonamides is 1. The molecule has 0 aliphatic heterocycles. The Morgan fingerprint density at radius 1 is 0.764 bits per heavy atom. The van der Waals surface area contributed by atoms with E-state index in [1.807, 2.05) is 0 Å². The maximum atomic E-state index is 11.5. The van der Waals surface area contributed by atoms with E-state index >= 15 is 0 Å². The van der Waals surface area contributed by atoms with Crippen LogP contribution in [0, 0.1) is 10.1 Å². The summed E-state index contributed by atoms with van der Waals surface area (Å²) in [5.74, 6) is -1.12. The molecule has 0 unspecified atom stereocenters. The summed E-state index contributed by atoms with van der Waals surface area (Å²) in [6, 6.07) is 19.3. The van der Waals surface area contributed by atoms with Crippen LogP contribution in [-0.2, 0) is 24.2 Å². The molecule has 0 amide bonds. The lowest BCUT2D eigenvalue weighted by Crippen LogP contribution is -2.11. The van der Waals surface area contributed by atoms with E-state index < -0.39 is 26.9 Å². The van der Waals surface area contributed by atoms with E-state index in [0.717, 1.165) is 17.5 Å². The zero-order valence-corrected chi connectivity index (χ0v) is 30.4. The molecule has 282 valence electrons. The molecule has 2 heterocycles. The highest BCUT2D eigenvalue weighted by atomic mass is 35.5. The van der Waals surface area contributed by atoms with Crippen molar-refractivity contribution in [3.05, 3.63) is 129 Å². The predicted molar refractivity (Wildman–Crippen MR) is 198 cm³/mol. The number of nitro benzene ring substituents is 1. The van der Waals surface area contributed by atoms with Gasteiger partial charge in [-0.3, -0.25) is 14.9 Å². The molecule has 0 spiro atoms. The Bertz CT molecular complexity index is 2540. The van der Waals surface area contributed by atoms with E-state index in [9.17, 15) is 37.7 Å². The SMILES string of the molecule is COC(=O)c1ccc([N+](=O)[O-])c(C=O)c1.COC(=O)c1ccc2nc(Cl)ncc2c1.COC(=O)c1ccc2nc(Nc3ccc(S(N)(=O)=O)cc3)ncc2c1. The number of carbonyl (C=O) groups is 4. The first kappa shape index (κ1) is 40.8. The minimum Gasteiger partial charge on any atom is -0.465 e. The zero-order valence-electron chi connectivity index (χ0n) is 28.8. The summed E-state index contributed by atoms with van der Waals surface area (Å²) in [4.78, 5) is 70.5. The van der Waals surface area contributed by atoms with Gasteiger partial charge in [0.25, 0.3) is 5.69 Å². The molecule has 0 aliphatic rings. The summed E-state index contributed by atoms with van der Waals surface area (Å²) in [6.45, 7) is 0. The van der Waals surface area contributed by atoms with Crippen molar-refractivity contribution >= 4 is 84.9 Å². The molecule has 6 aromatic rings. The lowest BCUT2D eigenvalue weighted by Gasteiger charge is -2.07. The van der Waals surface area contributed by atoms with E-state index in [2.05, 4.69) is 39.5 Å². The van der Waals surface area contributed by atoms with Crippen molar-refractivity contribution in [1.29, 1.82) is 0 Å². The van der Waals surface area contributed by atoms with Crippen molar-refractivity contribution in [1.82, 2.24) is 19.9 Å². The highest BCUT2D eigenvalue weighted by Crippen LogP contribution is 2.21. The summed E-state index contributed by atoms with van der Waals surface area (Å²) in [7, 11) is 0.108. The first-order valence-corrected chi connectivity index (χ1v) is 17.2. The number of esters is 3. The van der Waals surface area contributed by atoms with E-state index in [1.165, 1.54) is 39.5 Å². The minimum absolute atomic E-state index is 0.0211. The number of carbonyl (C=O) groups excluding carboxylic acids is 4. The molecule has 0 radical (unpaired) electrons. The van der Waals surface area contributed by atoms with Gasteiger partial charge in [-0.25, -0.2) is 47.9 Å². The molecule has 0 atom stereocenters. The summed E-state index contributed by atoms with van der Waals surface area (Å²) in [5.41, 5.74) is 2.45. The van der Waals surface area contributed by atoms with Gasteiger partial charge in [-0.15, -0.1) is 0 Å². The van der Waals surface area contributed by atoms with E-state index in [-0.39, 0.29) is 33.0 Å². The monoisotopic (exact) mass is 789 g/mol. The molecule has 3 N–H and O–H groups in total. The lowest BCUT2D eigenvalue weighted by atomic mass is 10.1. The molecule has 4 aromatic carbocycles. The second-order valence-electron chi connectivity index (χ2n) is 10.7. The third-order valence-electron chi connectivity index (χ3n) is 7.18. The van der Waals surface area contributed by atoms with Gasteiger partial charge >= 0.3 is 17.9 Å². The van der Waals surface area contributed by atoms with Crippen molar-refractivity contribution < 1.29 is 46.7 Å². The number of hydrogen-bond donors (Lipinski definition) is 2. The average molecular weight is 790 g/mol. The fourth-order valence-electron chi connectivity index (χ4n) is 4.51. The molecule has 0 aliphatic carbocycles. The Hall–Kier alpha value is -6.96. The Labute approximate surface area is 316 Å². The van der Waals surface area contributed by atoms with Gasteiger partial charge in [0.15, 0.2) is 6.29 Å². The molecule has 6 rings (SSSR count). The summed E-state index contributed by atoms with van der Waals surface area (Å²) in [5, 5.41) is 20.1. The normalized spacial score (nSPS) is 10.5. The third kappa shape index (κ3) is 10.8. The van der Waals surface area contributed by atoms with E-state index in [1.54, 1.807) is 60.9 Å². The summed E-state index contributed by atoms with van der Waals surface area (Å²) >= 11 is 5.63. The second-order valence-corrected chi connectivity index (χ2v) is 12.6. The molecule has 0 saturated carbocycles. The van der Waals surface area contributed by atoms with Gasteiger partial charge in [-0.1, -0.05) is 0 Å². The van der Waals surface area contributed by atoms with Crippen LogP contribution in [0.2, 0.25) is 5.28 Å². The van der Waals surface area contributed by atoms with E-state index in [0.29, 0.717) is 45.5 Å². The number of aldehydes is 1. The van der Waals surface area contributed by atoms with Crippen LogP contribution in [0.1, 0.15) is 41.4 Å².